The first-order chi connectivity index (χ1) is 14.8. The molecule has 3 aliphatic rings. The number of fused-ring (bicyclic) bond motifs is 1. The van der Waals surface area contributed by atoms with Crippen molar-refractivity contribution in [2.45, 2.75) is 29.7 Å². The monoisotopic (exact) mass is 485 g/mol. The lowest BCUT2D eigenvalue weighted by atomic mass is 9.98. The van der Waals surface area contributed by atoms with Crippen LogP contribution in [0.15, 0.2) is 21.8 Å². The summed E-state index contributed by atoms with van der Waals surface area (Å²) in [6, 6.07) is -0.858. The van der Waals surface area contributed by atoms with Gasteiger partial charge in [0.1, 0.15) is 42.8 Å². The molecule has 3 N–H and O–H groups in total. The molecule has 4 atom stereocenters. The van der Waals surface area contributed by atoms with Gasteiger partial charge in [0.15, 0.2) is 10.8 Å². The van der Waals surface area contributed by atoms with E-state index in [2.05, 4.69) is 28.1 Å². The number of nitrogen functional groups attached to an aromatic ring is 1. The van der Waals surface area contributed by atoms with Gasteiger partial charge in [0, 0.05) is 16.2 Å². The number of hydrogen-bond donors (Lipinski definition) is 3. The van der Waals surface area contributed by atoms with Gasteiger partial charge in [0.05, 0.1) is 6.61 Å². The third-order valence-electron chi connectivity index (χ3n) is 4.96. The van der Waals surface area contributed by atoms with E-state index in [9.17, 15) is 14.4 Å². The van der Waals surface area contributed by atoms with Gasteiger partial charge in [-0.05, 0) is 6.92 Å². The highest BCUT2D eigenvalue weighted by atomic mass is 32.2. The number of rotatable bonds is 6. The number of carbonyl (C=O) groups excluding carboxylic acids is 3. The predicted octanol–water partition coefficient (Wildman–Crippen LogP) is -0.0524. The van der Waals surface area contributed by atoms with Crippen LogP contribution < -0.4 is 11.1 Å². The number of anilines is 1. The molecule has 1 aromatic rings. The minimum atomic E-state index is -0.858. The third kappa shape index (κ3) is 3.93. The molecule has 0 radical (unpaired) electrons. The number of oxime groups is 1. The molecule has 166 valence electrons. The molecule has 0 aliphatic carbocycles. The van der Waals surface area contributed by atoms with Crippen LogP contribution in [0.3, 0.4) is 0 Å². The Morgan fingerprint density at radius 3 is 2.84 bits per heavy atom. The summed E-state index contributed by atoms with van der Waals surface area (Å²) in [5, 5.41) is 7.05. The standard InChI is InChI=1S/C17H19N5O6S3/c1-6-9(8-3-27-5-28-8)12(16(25)29)22-14(24)11(15(22)31-6)20-13(23)10(21-26-2)7-4-30-17(18)19-7/h4,6,8,11,15H,3,5H2,1-2H3,(H2,18,19)(H,20,23)(H,25,29)/b21-10-/t6?,8?,11?,15-/m1/s1. The Hall–Kier alpha value is -2.13. The fraction of sp³-hybridized carbons (Fsp3) is 0.471. The number of thioether (sulfide) groups is 1. The summed E-state index contributed by atoms with van der Waals surface area (Å²) in [6.07, 6.45) is -0.424. The van der Waals surface area contributed by atoms with Crippen molar-refractivity contribution in [3.63, 3.8) is 0 Å². The molecular formula is C17H19N5O6S3. The summed E-state index contributed by atoms with van der Waals surface area (Å²) < 4.78 is 10.8. The first kappa shape index (κ1) is 22.1. The van der Waals surface area contributed by atoms with Crippen LogP contribution in [0.25, 0.3) is 0 Å². The molecule has 4 rings (SSSR count). The van der Waals surface area contributed by atoms with Crippen molar-refractivity contribution in [1.82, 2.24) is 15.2 Å². The highest BCUT2D eigenvalue weighted by molar-refractivity contribution is 8.01. The second-order valence-corrected chi connectivity index (χ2v) is 9.53. The van der Waals surface area contributed by atoms with Crippen LogP contribution in [0.2, 0.25) is 0 Å². The van der Waals surface area contributed by atoms with Crippen molar-refractivity contribution >= 4 is 63.5 Å². The quantitative estimate of drug-likeness (QED) is 0.218. The first-order valence-electron chi connectivity index (χ1n) is 9.12. The molecule has 11 nitrogen and oxygen atoms in total. The number of nitrogens with one attached hydrogen (secondary N) is 1. The van der Waals surface area contributed by atoms with Gasteiger partial charge in [-0.2, -0.15) is 0 Å². The second kappa shape index (κ2) is 8.78. The molecule has 14 heteroatoms. The zero-order valence-electron chi connectivity index (χ0n) is 16.4. The maximum absolute atomic E-state index is 12.9. The van der Waals surface area contributed by atoms with E-state index in [0.717, 1.165) is 11.3 Å². The highest BCUT2D eigenvalue weighted by Gasteiger charge is 2.56. The Bertz CT molecular complexity index is 989. The Morgan fingerprint density at radius 2 is 2.26 bits per heavy atom. The lowest BCUT2D eigenvalue weighted by Crippen LogP contribution is -2.71. The van der Waals surface area contributed by atoms with E-state index in [0.29, 0.717) is 12.2 Å². The molecular weight excluding hydrogens is 466 g/mol. The highest BCUT2D eigenvalue weighted by Crippen LogP contribution is 2.46. The average molecular weight is 486 g/mol. The van der Waals surface area contributed by atoms with E-state index in [1.165, 1.54) is 23.8 Å². The molecule has 31 heavy (non-hydrogen) atoms. The minimum Gasteiger partial charge on any atom is -0.398 e. The summed E-state index contributed by atoms with van der Waals surface area (Å²) >= 11 is 6.56. The lowest BCUT2D eigenvalue weighted by molar-refractivity contribution is -0.146. The zero-order chi connectivity index (χ0) is 22.3. The molecule has 2 amide bonds. The van der Waals surface area contributed by atoms with Crippen LogP contribution in [-0.4, -0.2) is 75.8 Å². The van der Waals surface area contributed by atoms with Gasteiger partial charge in [-0.15, -0.1) is 23.1 Å². The Morgan fingerprint density at radius 1 is 1.48 bits per heavy atom. The van der Waals surface area contributed by atoms with Crippen LogP contribution in [0.4, 0.5) is 5.13 Å². The van der Waals surface area contributed by atoms with Gasteiger partial charge >= 0.3 is 0 Å². The minimum absolute atomic E-state index is 0.103. The number of ether oxygens (including phenoxy) is 2. The lowest BCUT2D eigenvalue weighted by Gasteiger charge is -2.51. The van der Waals surface area contributed by atoms with Crippen molar-refractivity contribution in [3.05, 3.63) is 22.3 Å². The van der Waals surface area contributed by atoms with Crippen molar-refractivity contribution in [1.29, 1.82) is 0 Å². The Balaban J connectivity index is 1.57. The summed E-state index contributed by atoms with van der Waals surface area (Å²) in [5.74, 6) is -1.07. The van der Waals surface area contributed by atoms with Gasteiger partial charge in [0.2, 0.25) is 5.12 Å². The molecule has 4 heterocycles. The van der Waals surface area contributed by atoms with E-state index >= 15 is 0 Å². The van der Waals surface area contributed by atoms with Crippen LogP contribution in [0, 0.1) is 0 Å². The number of thiazole rings is 1. The molecule has 0 aromatic carbocycles. The van der Waals surface area contributed by atoms with E-state index in [-0.39, 0.29) is 34.3 Å². The number of hydrogen-bond acceptors (Lipinski definition) is 11. The van der Waals surface area contributed by atoms with E-state index in [1.807, 2.05) is 6.92 Å². The summed E-state index contributed by atoms with van der Waals surface area (Å²) in [4.78, 5) is 48.2. The molecule has 0 spiro atoms. The fourth-order valence-electron chi connectivity index (χ4n) is 3.64. The van der Waals surface area contributed by atoms with Gasteiger partial charge < -0.3 is 25.4 Å². The number of aromatic nitrogens is 1. The van der Waals surface area contributed by atoms with Crippen molar-refractivity contribution in [2.24, 2.45) is 5.16 Å². The topological polar surface area (TPSA) is 145 Å². The molecule has 1 aromatic heterocycles. The number of nitrogens with zero attached hydrogens (tertiary/aromatic N) is 3. The molecule has 2 fully saturated rings. The molecule has 0 saturated carbocycles. The largest absolute Gasteiger partial charge is 0.398 e. The van der Waals surface area contributed by atoms with Crippen molar-refractivity contribution in [3.8, 4) is 0 Å². The number of nitrogens with two attached hydrogens (primary N) is 1. The SMILES string of the molecule is CO/N=C(\C(=O)NC1C(=O)N2C(C(=O)S)=C(C3COCO3)C(C)S[C@H]12)c1csc(N)n1. The van der Waals surface area contributed by atoms with Crippen molar-refractivity contribution < 1.29 is 28.7 Å². The number of β-lactam (4-membered cyclic amide) rings is 1. The van der Waals surface area contributed by atoms with Gasteiger partial charge in [-0.25, -0.2) is 4.98 Å². The van der Waals surface area contributed by atoms with E-state index < -0.39 is 34.4 Å². The van der Waals surface area contributed by atoms with Gasteiger partial charge in [0.25, 0.3) is 11.8 Å². The normalized spacial score (nSPS) is 28.3. The molecule has 3 aliphatic heterocycles. The van der Waals surface area contributed by atoms with Crippen LogP contribution in [0.1, 0.15) is 12.6 Å². The number of thiol groups is 1. The van der Waals surface area contributed by atoms with Crippen molar-refractivity contribution in [2.75, 3.05) is 26.2 Å². The predicted molar refractivity (Wildman–Crippen MR) is 116 cm³/mol. The molecule has 2 saturated heterocycles. The summed E-state index contributed by atoms with van der Waals surface area (Å²) in [5.41, 5.74) is 6.62. The third-order valence-corrected chi connectivity index (χ3v) is 7.27. The average Bonchev–Trinajstić information content (AvgIpc) is 3.41. The van der Waals surface area contributed by atoms with Crippen LogP contribution in [0.5, 0.6) is 0 Å². The smallest absolute Gasteiger partial charge is 0.276 e. The van der Waals surface area contributed by atoms with Crippen LogP contribution in [-0.2, 0) is 28.7 Å². The first-order valence-corrected chi connectivity index (χ1v) is 11.4. The Labute approximate surface area is 190 Å². The molecule has 3 unspecified atom stereocenters. The zero-order valence-corrected chi connectivity index (χ0v) is 19.0. The number of carbonyl (C=O) groups is 3. The maximum atomic E-state index is 12.9. The maximum Gasteiger partial charge on any atom is 0.276 e. The number of amides is 2. The fourth-order valence-corrected chi connectivity index (χ4v) is 5.93. The summed E-state index contributed by atoms with van der Waals surface area (Å²) in [6.45, 7) is 2.33. The Kier molecular flexibility index (Phi) is 6.25. The van der Waals surface area contributed by atoms with E-state index in [1.54, 1.807) is 5.38 Å². The van der Waals surface area contributed by atoms with E-state index in [4.69, 9.17) is 20.0 Å². The second-order valence-electron chi connectivity index (χ2n) is 6.77. The van der Waals surface area contributed by atoms with Gasteiger partial charge in [-0.1, -0.05) is 17.8 Å². The summed E-state index contributed by atoms with van der Waals surface area (Å²) in [7, 11) is 1.30. The van der Waals surface area contributed by atoms with Crippen LogP contribution >= 0.6 is 35.7 Å². The van der Waals surface area contributed by atoms with Gasteiger partial charge in [-0.3, -0.25) is 19.3 Å². The molecule has 0 bridgehead atoms.